The number of carbonyl (C=O) groups excluding carboxylic acids is 3. The third-order valence-corrected chi connectivity index (χ3v) is 4.65. The van der Waals surface area contributed by atoms with Gasteiger partial charge in [0.2, 0.25) is 17.7 Å². The average molecular weight is 358 g/mol. The molecule has 1 fully saturated rings. The molecule has 1 aromatic carbocycles. The molecule has 3 amide bonds. The molecule has 7 heteroatoms. The number of fused-ring (bicyclic) bond motifs is 1. The largest absolute Gasteiger partial charge is 0.493 e. The van der Waals surface area contributed by atoms with Gasteiger partial charge in [-0.15, -0.1) is 0 Å². The molecule has 1 aliphatic carbocycles. The van der Waals surface area contributed by atoms with Crippen LogP contribution in [0.2, 0.25) is 0 Å². The number of rotatable bonds is 7. The number of allylic oxidation sites excluding steroid dienone is 2. The molecule has 2 aliphatic rings. The Kier molecular flexibility index (Phi) is 5.55. The Morgan fingerprint density at radius 1 is 1.12 bits per heavy atom. The van der Waals surface area contributed by atoms with Crippen molar-refractivity contribution < 1.29 is 23.9 Å². The smallest absolute Gasteiger partial charge is 0.240 e. The summed E-state index contributed by atoms with van der Waals surface area (Å²) in [5.41, 5.74) is 0. The maximum atomic E-state index is 12.3. The van der Waals surface area contributed by atoms with Crippen LogP contribution in [-0.2, 0) is 14.4 Å². The summed E-state index contributed by atoms with van der Waals surface area (Å²) in [7, 11) is 1.56. The zero-order valence-corrected chi connectivity index (χ0v) is 14.6. The van der Waals surface area contributed by atoms with Crippen molar-refractivity contribution >= 4 is 17.7 Å². The monoisotopic (exact) mass is 358 g/mol. The van der Waals surface area contributed by atoms with E-state index in [1.165, 1.54) is 0 Å². The van der Waals surface area contributed by atoms with Crippen LogP contribution < -0.4 is 14.8 Å². The van der Waals surface area contributed by atoms with E-state index >= 15 is 0 Å². The zero-order valence-electron chi connectivity index (χ0n) is 14.6. The van der Waals surface area contributed by atoms with Crippen LogP contribution in [0, 0.1) is 11.8 Å². The Labute approximate surface area is 151 Å². The third kappa shape index (κ3) is 3.71. The highest BCUT2D eigenvalue weighted by atomic mass is 16.5. The lowest BCUT2D eigenvalue weighted by Gasteiger charge is -2.15. The maximum absolute atomic E-state index is 12.3. The van der Waals surface area contributed by atoms with E-state index in [-0.39, 0.29) is 49.3 Å². The molecule has 0 saturated carbocycles. The first-order valence-corrected chi connectivity index (χ1v) is 8.64. The molecular formula is C19H22N2O5. The van der Waals surface area contributed by atoms with Gasteiger partial charge in [-0.3, -0.25) is 19.3 Å². The van der Waals surface area contributed by atoms with Crippen molar-refractivity contribution in [1.29, 1.82) is 0 Å². The Morgan fingerprint density at radius 3 is 2.35 bits per heavy atom. The van der Waals surface area contributed by atoms with Gasteiger partial charge in [-0.1, -0.05) is 24.3 Å². The molecule has 138 valence electrons. The minimum Gasteiger partial charge on any atom is -0.493 e. The van der Waals surface area contributed by atoms with Gasteiger partial charge in [0.15, 0.2) is 11.5 Å². The van der Waals surface area contributed by atoms with Crippen LogP contribution >= 0.6 is 0 Å². The van der Waals surface area contributed by atoms with Gasteiger partial charge >= 0.3 is 0 Å². The molecule has 1 aromatic rings. The van der Waals surface area contributed by atoms with Gasteiger partial charge in [-0.2, -0.15) is 0 Å². The molecule has 7 nitrogen and oxygen atoms in total. The van der Waals surface area contributed by atoms with Crippen molar-refractivity contribution in [2.24, 2.45) is 11.8 Å². The van der Waals surface area contributed by atoms with E-state index in [1.807, 2.05) is 24.3 Å². The van der Waals surface area contributed by atoms with Crippen LogP contribution in [-0.4, -0.2) is 49.4 Å². The van der Waals surface area contributed by atoms with E-state index in [2.05, 4.69) is 5.32 Å². The quantitative estimate of drug-likeness (QED) is 0.449. The lowest BCUT2D eigenvalue weighted by atomic mass is 9.85. The van der Waals surface area contributed by atoms with Gasteiger partial charge in [0.05, 0.1) is 25.5 Å². The molecule has 1 N–H and O–H groups in total. The molecule has 0 unspecified atom stereocenters. The number of nitrogens with zero attached hydrogens (tertiary/aromatic N) is 1. The second-order valence-electron chi connectivity index (χ2n) is 6.27. The fraction of sp³-hybridized carbons (Fsp3) is 0.421. The minimum atomic E-state index is -0.373. The number of methoxy groups -OCH3 is 1. The number of benzene rings is 1. The van der Waals surface area contributed by atoms with Crippen molar-refractivity contribution in [3.05, 3.63) is 36.4 Å². The molecule has 1 heterocycles. The first-order chi connectivity index (χ1) is 12.6. The van der Waals surface area contributed by atoms with Crippen LogP contribution in [0.15, 0.2) is 36.4 Å². The molecule has 0 spiro atoms. The predicted octanol–water partition coefficient (Wildman–Crippen LogP) is 1.14. The van der Waals surface area contributed by atoms with E-state index < -0.39 is 0 Å². The van der Waals surface area contributed by atoms with E-state index in [1.54, 1.807) is 19.2 Å². The first kappa shape index (κ1) is 18.0. The first-order valence-electron chi connectivity index (χ1n) is 8.64. The lowest BCUT2D eigenvalue weighted by Crippen LogP contribution is -2.42. The summed E-state index contributed by atoms with van der Waals surface area (Å²) < 4.78 is 10.8. The molecule has 0 aromatic heterocycles. The molecule has 3 rings (SSSR count). The van der Waals surface area contributed by atoms with Crippen molar-refractivity contribution in [2.45, 2.75) is 12.8 Å². The summed E-state index contributed by atoms with van der Waals surface area (Å²) >= 11 is 0. The van der Waals surface area contributed by atoms with Gasteiger partial charge in [0, 0.05) is 0 Å². The van der Waals surface area contributed by atoms with E-state index in [9.17, 15) is 14.4 Å². The Balaban J connectivity index is 1.45. The Bertz CT molecular complexity index is 704. The summed E-state index contributed by atoms with van der Waals surface area (Å²) in [6.07, 6.45) is 4.98. The van der Waals surface area contributed by atoms with Crippen LogP contribution in [0.5, 0.6) is 11.5 Å². The highest BCUT2D eigenvalue weighted by Crippen LogP contribution is 2.34. The number of nitrogens with one attached hydrogen (secondary N) is 1. The highest BCUT2D eigenvalue weighted by molar-refractivity contribution is 6.07. The number of carbonyl (C=O) groups is 3. The maximum Gasteiger partial charge on any atom is 0.240 e. The minimum absolute atomic E-state index is 0.237. The van der Waals surface area contributed by atoms with Crippen molar-refractivity contribution in [3.8, 4) is 11.5 Å². The summed E-state index contributed by atoms with van der Waals surface area (Å²) in [6.45, 7) is 0.282. The fourth-order valence-corrected chi connectivity index (χ4v) is 3.31. The van der Waals surface area contributed by atoms with Crippen molar-refractivity contribution in [2.75, 3.05) is 26.8 Å². The van der Waals surface area contributed by atoms with Crippen LogP contribution in [0.4, 0.5) is 0 Å². The molecular weight excluding hydrogens is 336 g/mol. The Morgan fingerprint density at radius 2 is 1.73 bits per heavy atom. The summed E-state index contributed by atoms with van der Waals surface area (Å²) in [5.74, 6) is -0.283. The number of hydrogen-bond donors (Lipinski definition) is 1. The van der Waals surface area contributed by atoms with Crippen molar-refractivity contribution in [1.82, 2.24) is 10.2 Å². The third-order valence-electron chi connectivity index (χ3n) is 4.65. The van der Waals surface area contributed by atoms with Gasteiger partial charge in [-0.05, 0) is 25.0 Å². The van der Waals surface area contributed by atoms with Gasteiger partial charge in [-0.25, -0.2) is 0 Å². The second-order valence-corrected chi connectivity index (χ2v) is 6.27. The fourth-order valence-electron chi connectivity index (χ4n) is 3.31. The van der Waals surface area contributed by atoms with Gasteiger partial charge in [0.1, 0.15) is 13.2 Å². The average Bonchev–Trinajstić information content (AvgIpc) is 2.91. The van der Waals surface area contributed by atoms with Gasteiger partial charge in [0.25, 0.3) is 0 Å². The van der Waals surface area contributed by atoms with E-state index in [4.69, 9.17) is 9.47 Å². The number of imide groups is 1. The van der Waals surface area contributed by atoms with Crippen LogP contribution in [0.3, 0.4) is 0 Å². The molecule has 2 atom stereocenters. The van der Waals surface area contributed by atoms with E-state index in [0.717, 1.165) is 4.90 Å². The molecule has 0 radical (unpaired) electrons. The number of amides is 3. The number of likely N-dealkylation sites (tertiary alicyclic amines) is 1. The van der Waals surface area contributed by atoms with Crippen molar-refractivity contribution in [3.63, 3.8) is 0 Å². The summed E-state index contributed by atoms with van der Waals surface area (Å²) in [6, 6.07) is 7.23. The standard InChI is InChI=1S/C19H22N2O5/c1-25-15-8-4-5-9-16(15)26-11-10-20-17(22)12-21-18(23)13-6-2-3-7-14(13)19(21)24/h2-5,8-9,13-14H,6-7,10-12H2,1H3,(H,20,22)/t13-,14-/m1/s1. The molecule has 1 saturated heterocycles. The topological polar surface area (TPSA) is 84.9 Å². The van der Waals surface area contributed by atoms with Crippen LogP contribution in [0.1, 0.15) is 12.8 Å². The lowest BCUT2D eigenvalue weighted by molar-refractivity contribution is -0.143. The normalized spacial score (nSPS) is 21.5. The number of hydrogen-bond acceptors (Lipinski definition) is 5. The van der Waals surface area contributed by atoms with Gasteiger partial charge < -0.3 is 14.8 Å². The molecule has 1 aliphatic heterocycles. The Hall–Kier alpha value is -2.83. The SMILES string of the molecule is COc1ccccc1OCCNC(=O)CN1C(=O)[C@@H]2CC=CC[C@H]2C1=O. The highest BCUT2D eigenvalue weighted by Gasteiger charge is 2.47. The van der Waals surface area contributed by atoms with Crippen LogP contribution in [0.25, 0.3) is 0 Å². The zero-order chi connectivity index (χ0) is 18.5. The molecule has 0 bridgehead atoms. The summed E-state index contributed by atoms with van der Waals surface area (Å²) in [4.78, 5) is 37.8. The number of ether oxygens (including phenoxy) is 2. The predicted molar refractivity (Wildman–Crippen MR) is 93.6 cm³/mol. The second kappa shape index (κ2) is 8.03. The molecule has 26 heavy (non-hydrogen) atoms. The summed E-state index contributed by atoms with van der Waals surface area (Å²) in [5, 5.41) is 2.67. The number of para-hydroxylation sites is 2. The van der Waals surface area contributed by atoms with E-state index in [0.29, 0.717) is 24.3 Å².